The number of rotatable bonds is 1. The first-order valence-corrected chi connectivity index (χ1v) is 7.48. The third-order valence-corrected chi connectivity index (χ3v) is 4.54. The van der Waals surface area contributed by atoms with Gasteiger partial charge in [0.1, 0.15) is 5.75 Å². The first-order chi connectivity index (χ1) is 9.98. The molecule has 1 saturated heterocycles. The zero-order valence-corrected chi connectivity index (χ0v) is 12.6. The van der Waals surface area contributed by atoms with E-state index in [9.17, 15) is 9.90 Å². The quantitative estimate of drug-likeness (QED) is 0.864. The lowest BCUT2D eigenvalue weighted by atomic mass is 9.82. The molecule has 0 bridgehead atoms. The van der Waals surface area contributed by atoms with Crippen LogP contribution < -0.4 is 0 Å². The van der Waals surface area contributed by atoms with Crippen molar-refractivity contribution >= 4 is 16.7 Å². The summed E-state index contributed by atoms with van der Waals surface area (Å²) in [5.41, 5.74) is 0.718. The molecule has 0 spiro atoms. The maximum atomic E-state index is 12.6. The molecule has 0 saturated carbocycles. The standard InChI is InChI=1S/C18H21NO2/c1-18(2)9-11-19(12-10-18)17(21)15-8-7-13-5-3-4-6-14(13)16(15)20/h3-8,20H,9-12H2,1-2H3. The van der Waals surface area contributed by atoms with E-state index in [0.717, 1.165) is 36.7 Å². The van der Waals surface area contributed by atoms with Crippen LogP contribution in [-0.4, -0.2) is 29.0 Å². The third kappa shape index (κ3) is 2.60. The Hall–Kier alpha value is -2.03. The summed E-state index contributed by atoms with van der Waals surface area (Å²) in [5.74, 6) is 0.0386. The van der Waals surface area contributed by atoms with Gasteiger partial charge in [0.25, 0.3) is 5.91 Å². The minimum Gasteiger partial charge on any atom is -0.506 e. The Kier molecular flexibility index (Phi) is 3.36. The molecule has 1 heterocycles. The Balaban J connectivity index is 1.90. The molecule has 3 nitrogen and oxygen atoms in total. The summed E-state index contributed by atoms with van der Waals surface area (Å²) in [6.45, 7) is 6.00. The predicted molar refractivity (Wildman–Crippen MR) is 84.5 cm³/mol. The van der Waals surface area contributed by atoms with Crippen molar-refractivity contribution in [3.8, 4) is 5.75 Å². The highest BCUT2D eigenvalue weighted by Gasteiger charge is 2.29. The molecule has 0 unspecified atom stereocenters. The molecule has 21 heavy (non-hydrogen) atoms. The molecule has 1 N–H and O–H groups in total. The Bertz CT molecular complexity index is 681. The number of likely N-dealkylation sites (tertiary alicyclic amines) is 1. The van der Waals surface area contributed by atoms with Gasteiger partial charge in [-0.3, -0.25) is 4.79 Å². The highest BCUT2D eigenvalue weighted by molar-refractivity contribution is 6.03. The second kappa shape index (κ2) is 5.06. The van der Waals surface area contributed by atoms with Crippen molar-refractivity contribution < 1.29 is 9.90 Å². The van der Waals surface area contributed by atoms with E-state index >= 15 is 0 Å². The number of fused-ring (bicyclic) bond motifs is 1. The average molecular weight is 283 g/mol. The van der Waals surface area contributed by atoms with Crippen LogP contribution in [0.2, 0.25) is 0 Å². The van der Waals surface area contributed by atoms with Gasteiger partial charge in [0.05, 0.1) is 5.56 Å². The molecular weight excluding hydrogens is 262 g/mol. The summed E-state index contributed by atoms with van der Waals surface area (Å²) in [6, 6.07) is 11.2. The van der Waals surface area contributed by atoms with Gasteiger partial charge in [-0.15, -0.1) is 0 Å². The molecule has 110 valence electrons. The monoisotopic (exact) mass is 283 g/mol. The van der Waals surface area contributed by atoms with Gasteiger partial charge < -0.3 is 10.0 Å². The summed E-state index contributed by atoms with van der Waals surface area (Å²) < 4.78 is 0. The summed E-state index contributed by atoms with van der Waals surface area (Å²) in [7, 11) is 0. The maximum Gasteiger partial charge on any atom is 0.257 e. The van der Waals surface area contributed by atoms with Gasteiger partial charge in [0.2, 0.25) is 0 Å². The molecular formula is C18H21NO2. The van der Waals surface area contributed by atoms with Crippen molar-refractivity contribution in [3.63, 3.8) is 0 Å². The van der Waals surface area contributed by atoms with Crippen LogP contribution in [0.5, 0.6) is 5.75 Å². The average Bonchev–Trinajstić information content (AvgIpc) is 2.47. The van der Waals surface area contributed by atoms with E-state index in [0.29, 0.717) is 11.0 Å². The van der Waals surface area contributed by atoms with Crippen LogP contribution in [0.15, 0.2) is 36.4 Å². The van der Waals surface area contributed by atoms with Gasteiger partial charge >= 0.3 is 0 Å². The molecule has 3 rings (SSSR count). The van der Waals surface area contributed by atoms with Crippen LogP contribution in [0.4, 0.5) is 0 Å². The fourth-order valence-electron chi connectivity index (χ4n) is 2.91. The van der Waals surface area contributed by atoms with Gasteiger partial charge in [-0.2, -0.15) is 0 Å². The van der Waals surface area contributed by atoms with Crippen LogP contribution in [0.3, 0.4) is 0 Å². The lowest BCUT2D eigenvalue weighted by Gasteiger charge is -2.37. The highest BCUT2D eigenvalue weighted by Crippen LogP contribution is 2.33. The molecule has 1 aliphatic heterocycles. The van der Waals surface area contributed by atoms with E-state index in [1.165, 1.54) is 0 Å². The van der Waals surface area contributed by atoms with E-state index in [1.807, 2.05) is 35.2 Å². The lowest BCUT2D eigenvalue weighted by Crippen LogP contribution is -2.41. The van der Waals surface area contributed by atoms with Gasteiger partial charge in [-0.1, -0.05) is 44.2 Å². The SMILES string of the molecule is CC1(C)CCN(C(=O)c2ccc3ccccc3c2O)CC1. The number of hydrogen-bond donors (Lipinski definition) is 1. The largest absolute Gasteiger partial charge is 0.506 e. The van der Waals surface area contributed by atoms with E-state index < -0.39 is 0 Å². The number of carbonyl (C=O) groups is 1. The summed E-state index contributed by atoms with van der Waals surface area (Å²) in [4.78, 5) is 14.5. The van der Waals surface area contributed by atoms with E-state index in [1.54, 1.807) is 6.07 Å². The molecule has 2 aromatic rings. The normalized spacial score (nSPS) is 17.9. The predicted octanol–water partition coefficient (Wildman–Crippen LogP) is 3.81. The Morgan fingerprint density at radius 1 is 1.10 bits per heavy atom. The van der Waals surface area contributed by atoms with E-state index in [-0.39, 0.29) is 11.7 Å². The van der Waals surface area contributed by atoms with Crippen molar-refractivity contribution in [3.05, 3.63) is 42.0 Å². The Labute approximate surface area is 125 Å². The molecule has 0 aliphatic carbocycles. The van der Waals surface area contributed by atoms with Crippen molar-refractivity contribution in [2.45, 2.75) is 26.7 Å². The fraction of sp³-hybridized carbons (Fsp3) is 0.389. The number of piperidine rings is 1. The Morgan fingerprint density at radius 2 is 1.76 bits per heavy atom. The molecule has 1 aliphatic rings. The number of benzene rings is 2. The number of nitrogens with zero attached hydrogens (tertiary/aromatic N) is 1. The van der Waals surface area contributed by atoms with Gasteiger partial charge in [0, 0.05) is 18.5 Å². The lowest BCUT2D eigenvalue weighted by molar-refractivity contribution is 0.0627. The second-order valence-corrected chi connectivity index (χ2v) is 6.64. The van der Waals surface area contributed by atoms with Crippen molar-refractivity contribution in [1.82, 2.24) is 4.90 Å². The van der Waals surface area contributed by atoms with Gasteiger partial charge in [-0.25, -0.2) is 0 Å². The number of aromatic hydroxyl groups is 1. The molecule has 3 heteroatoms. The molecule has 1 amide bonds. The topological polar surface area (TPSA) is 40.5 Å². The zero-order valence-electron chi connectivity index (χ0n) is 12.6. The van der Waals surface area contributed by atoms with Gasteiger partial charge in [-0.05, 0) is 29.7 Å². The Morgan fingerprint density at radius 3 is 2.48 bits per heavy atom. The maximum absolute atomic E-state index is 12.6. The second-order valence-electron chi connectivity index (χ2n) is 6.64. The van der Waals surface area contributed by atoms with Crippen LogP contribution in [-0.2, 0) is 0 Å². The molecule has 0 radical (unpaired) electrons. The summed E-state index contributed by atoms with van der Waals surface area (Å²) in [6.07, 6.45) is 2.01. The smallest absolute Gasteiger partial charge is 0.257 e. The first-order valence-electron chi connectivity index (χ1n) is 7.48. The van der Waals surface area contributed by atoms with Crippen LogP contribution in [0.25, 0.3) is 10.8 Å². The van der Waals surface area contributed by atoms with Crippen LogP contribution in [0.1, 0.15) is 37.0 Å². The van der Waals surface area contributed by atoms with Crippen LogP contribution in [0, 0.1) is 5.41 Å². The summed E-state index contributed by atoms with van der Waals surface area (Å²) >= 11 is 0. The van der Waals surface area contributed by atoms with Gasteiger partial charge in [0.15, 0.2) is 0 Å². The molecule has 1 fully saturated rings. The molecule has 0 atom stereocenters. The van der Waals surface area contributed by atoms with E-state index in [4.69, 9.17) is 0 Å². The fourth-order valence-corrected chi connectivity index (χ4v) is 2.91. The molecule has 2 aromatic carbocycles. The highest BCUT2D eigenvalue weighted by atomic mass is 16.3. The minimum absolute atomic E-state index is 0.0613. The number of phenols is 1. The number of hydrogen-bond acceptors (Lipinski definition) is 2. The van der Waals surface area contributed by atoms with Crippen molar-refractivity contribution in [2.75, 3.05) is 13.1 Å². The van der Waals surface area contributed by atoms with E-state index in [2.05, 4.69) is 13.8 Å². The zero-order chi connectivity index (χ0) is 15.0. The van der Waals surface area contributed by atoms with Crippen molar-refractivity contribution in [1.29, 1.82) is 0 Å². The van der Waals surface area contributed by atoms with Crippen LogP contribution >= 0.6 is 0 Å². The minimum atomic E-state index is -0.0613. The van der Waals surface area contributed by atoms with Crippen molar-refractivity contribution in [2.24, 2.45) is 5.41 Å². The summed E-state index contributed by atoms with van der Waals surface area (Å²) in [5, 5.41) is 12.1. The molecule has 0 aromatic heterocycles. The number of carbonyl (C=O) groups excluding carboxylic acids is 1. The number of amides is 1. The first kappa shape index (κ1) is 13.9. The third-order valence-electron chi connectivity index (χ3n) is 4.54. The number of phenolic OH excluding ortho intramolecular Hbond substituents is 1.